The van der Waals surface area contributed by atoms with Crippen molar-refractivity contribution >= 4 is 47.0 Å². The smallest absolute Gasteiger partial charge is 0.272 e. The highest BCUT2D eigenvalue weighted by Gasteiger charge is 2.17. The van der Waals surface area contributed by atoms with E-state index in [0.29, 0.717) is 16.8 Å². The van der Waals surface area contributed by atoms with Crippen LogP contribution in [0.4, 0.5) is 10.1 Å². The van der Waals surface area contributed by atoms with E-state index in [0.717, 1.165) is 5.56 Å². The molecule has 3 aromatic carbocycles. The molecule has 0 fully saturated rings. The highest BCUT2D eigenvalue weighted by Crippen LogP contribution is 2.22. The highest BCUT2D eigenvalue weighted by atomic mass is 35.5. The van der Waals surface area contributed by atoms with Gasteiger partial charge in [-0.1, -0.05) is 41.9 Å². The molecule has 4 aromatic rings. The van der Waals surface area contributed by atoms with Gasteiger partial charge in [0.1, 0.15) is 11.5 Å². The number of amides is 2. The summed E-state index contributed by atoms with van der Waals surface area (Å²) in [6.45, 7) is 0. The fourth-order valence-electron chi connectivity index (χ4n) is 3.39. The van der Waals surface area contributed by atoms with Gasteiger partial charge >= 0.3 is 0 Å². The Morgan fingerprint density at radius 3 is 2.29 bits per heavy atom. The minimum absolute atomic E-state index is 0.0472. The fourth-order valence-corrected chi connectivity index (χ4v) is 3.61. The van der Waals surface area contributed by atoms with Crippen molar-refractivity contribution in [1.82, 2.24) is 10.3 Å². The van der Waals surface area contributed by atoms with Gasteiger partial charge in [-0.25, -0.2) is 4.39 Å². The Bertz CT molecular complexity index is 1500. The van der Waals surface area contributed by atoms with Crippen LogP contribution in [0.3, 0.4) is 0 Å². The summed E-state index contributed by atoms with van der Waals surface area (Å²) >= 11 is 6.13. The van der Waals surface area contributed by atoms with Crippen molar-refractivity contribution in [1.29, 1.82) is 0 Å². The molecule has 0 unspecified atom stereocenters. The SMILES string of the molecule is O=C(Nc1ccc(C(=O)/C=C/c2cccnc2)cc1)/C(=C/c1c(F)cccc1Cl)NC(=O)c1ccccc1. The number of carbonyl (C=O) groups is 3. The van der Waals surface area contributed by atoms with E-state index in [1.165, 1.54) is 30.4 Å². The van der Waals surface area contributed by atoms with Gasteiger partial charge < -0.3 is 10.6 Å². The van der Waals surface area contributed by atoms with Gasteiger partial charge in [0.15, 0.2) is 5.78 Å². The zero-order valence-electron chi connectivity index (χ0n) is 19.9. The molecule has 0 radical (unpaired) electrons. The summed E-state index contributed by atoms with van der Waals surface area (Å²) < 4.78 is 14.4. The monoisotopic (exact) mass is 525 g/mol. The molecule has 2 N–H and O–H groups in total. The summed E-state index contributed by atoms with van der Waals surface area (Å²) in [6, 6.07) is 22.2. The number of pyridine rings is 1. The predicted molar refractivity (Wildman–Crippen MR) is 146 cm³/mol. The molecule has 4 rings (SSSR count). The minimum atomic E-state index is -0.704. The van der Waals surface area contributed by atoms with Gasteiger partial charge in [-0.3, -0.25) is 19.4 Å². The van der Waals surface area contributed by atoms with Crippen LogP contribution in [0.15, 0.2) is 109 Å². The quantitative estimate of drug-likeness (QED) is 0.212. The van der Waals surface area contributed by atoms with E-state index in [1.54, 1.807) is 79.1 Å². The van der Waals surface area contributed by atoms with Crippen LogP contribution in [0.2, 0.25) is 5.02 Å². The number of hydrogen-bond acceptors (Lipinski definition) is 4. The minimum Gasteiger partial charge on any atom is -0.321 e. The molecular weight excluding hydrogens is 505 g/mol. The number of nitrogens with one attached hydrogen (secondary N) is 2. The summed E-state index contributed by atoms with van der Waals surface area (Å²) in [6.07, 6.45) is 7.55. The number of carbonyl (C=O) groups excluding carboxylic acids is 3. The number of nitrogens with zero attached hydrogens (tertiary/aromatic N) is 1. The average molecular weight is 526 g/mol. The Morgan fingerprint density at radius 2 is 1.61 bits per heavy atom. The van der Waals surface area contributed by atoms with Crippen LogP contribution in [0, 0.1) is 5.82 Å². The second-order valence-electron chi connectivity index (χ2n) is 8.03. The van der Waals surface area contributed by atoms with Crippen LogP contribution >= 0.6 is 11.6 Å². The normalized spacial score (nSPS) is 11.3. The van der Waals surface area contributed by atoms with Crippen LogP contribution in [0.5, 0.6) is 0 Å². The van der Waals surface area contributed by atoms with Crippen molar-refractivity contribution < 1.29 is 18.8 Å². The molecule has 0 aliphatic heterocycles. The van der Waals surface area contributed by atoms with E-state index < -0.39 is 17.6 Å². The topological polar surface area (TPSA) is 88.2 Å². The molecule has 1 aromatic heterocycles. The second kappa shape index (κ2) is 12.4. The maximum absolute atomic E-state index is 14.4. The molecule has 8 heteroatoms. The summed E-state index contributed by atoms with van der Waals surface area (Å²) in [7, 11) is 0. The molecule has 0 atom stereocenters. The van der Waals surface area contributed by atoms with Gasteiger partial charge in [0.25, 0.3) is 11.8 Å². The van der Waals surface area contributed by atoms with E-state index >= 15 is 0 Å². The Kier molecular flexibility index (Phi) is 8.53. The van der Waals surface area contributed by atoms with Crippen molar-refractivity contribution in [2.75, 3.05) is 5.32 Å². The van der Waals surface area contributed by atoms with Crippen LogP contribution in [-0.2, 0) is 4.79 Å². The number of halogens is 2. The zero-order chi connectivity index (χ0) is 26.9. The van der Waals surface area contributed by atoms with Gasteiger partial charge in [-0.05, 0) is 78.4 Å². The Morgan fingerprint density at radius 1 is 0.842 bits per heavy atom. The molecule has 2 amide bonds. The summed E-state index contributed by atoms with van der Waals surface area (Å²) in [5.74, 6) is -2.14. The first-order valence-electron chi connectivity index (χ1n) is 11.5. The van der Waals surface area contributed by atoms with Crippen molar-refractivity contribution in [3.8, 4) is 0 Å². The number of benzene rings is 3. The third-order valence-electron chi connectivity index (χ3n) is 5.36. The molecule has 38 heavy (non-hydrogen) atoms. The maximum Gasteiger partial charge on any atom is 0.272 e. The van der Waals surface area contributed by atoms with Gasteiger partial charge in [0.05, 0.1) is 5.02 Å². The number of hydrogen-bond donors (Lipinski definition) is 2. The molecule has 0 spiro atoms. The zero-order valence-corrected chi connectivity index (χ0v) is 20.7. The molecule has 1 heterocycles. The van der Waals surface area contributed by atoms with Crippen LogP contribution < -0.4 is 10.6 Å². The molecule has 0 saturated carbocycles. The van der Waals surface area contributed by atoms with E-state index in [4.69, 9.17) is 11.6 Å². The van der Waals surface area contributed by atoms with Gasteiger partial charge in [0, 0.05) is 34.8 Å². The molecule has 0 aliphatic carbocycles. The van der Waals surface area contributed by atoms with E-state index in [-0.39, 0.29) is 22.1 Å². The number of ketones is 1. The molecule has 0 aliphatic rings. The summed E-state index contributed by atoms with van der Waals surface area (Å²) in [5.41, 5.74) is 1.61. The van der Waals surface area contributed by atoms with E-state index in [1.807, 2.05) is 6.07 Å². The largest absolute Gasteiger partial charge is 0.321 e. The lowest BCUT2D eigenvalue weighted by Crippen LogP contribution is -2.30. The Labute approximate surface area is 223 Å². The molecular formula is C30H21ClFN3O3. The third kappa shape index (κ3) is 6.87. The Balaban J connectivity index is 1.53. The molecule has 0 bridgehead atoms. The lowest BCUT2D eigenvalue weighted by Gasteiger charge is -2.12. The number of anilines is 1. The van der Waals surface area contributed by atoms with E-state index in [9.17, 15) is 18.8 Å². The lowest BCUT2D eigenvalue weighted by atomic mass is 10.1. The van der Waals surface area contributed by atoms with Crippen molar-refractivity contribution in [2.45, 2.75) is 0 Å². The molecule has 6 nitrogen and oxygen atoms in total. The van der Waals surface area contributed by atoms with Crippen LogP contribution in [0.25, 0.3) is 12.2 Å². The molecule has 188 valence electrons. The fraction of sp³-hybridized carbons (Fsp3) is 0. The first kappa shape index (κ1) is 26.2. The first-order chi connectivity index (χ1) is 18.4. The average Bonchev–Trinajstić information content (AvgIpc) is 2.94. The standard InChI is InChI=1S/C30H21ClFN3O3/c31-25-9-4-10-26(32)24(25)18-27(35-29(37)22-7-2-1-3-8-22)30(38)34-23-14-12-21(13-15-23)28(36)16-11-20-6-5-17-33-19-20/h1-19H,(H,34,38)(H,35,37)/b16-11+,27-18-. The van der Waals surface area contributed by atoms with Gasteiger partial charge in [-0.2, -0.15) is 0 Å². The number of aromatic nitrogens is 1. The maximum atomic E-state index is 14.4. The number of rotatable bonds is 8. The first-order valence-corrected chi connectivity index (χ1v) is 11.8. The van der Waals surface area contributed by atoms with Crippen LogP contribution in [-0.4, -0.2) is 22.6 Å². The van der Waals surface area contributed by atoms with Gasteiger partial charge in [0.2, 0.25) is 0 Å². The second-order valence-corrected chi connectivity index (χ2v) is 8.44. The number of allylic oxidation sites excluding steroid dienone is 1. The van der Waals surface area contributed by atoms with Crippen molar-refractivity contribution in [3.05, 3.63) is 142 Å². The summed E-state index contributed by atoms with van der Waals surface area (Å²) in [4.78, 5) is 42.4. The predicted octanol–water partition coefficient (Wildman–Crippen LogP) is 6.18. The highest BCUT2D eigenvalue weighted by molar-refractivity contribution is 6.32. The van der Waals surface area contributed by atoms with Gasteiger partial charge in [-0.15, -0.1) is 0 Å². The third-order valence-corrected chi connectivity index (χ3v) is 5.69. The van der Waals surface area contributed by atoms with Crippen molar-refractivity contribution in [2.24, 2.45) is 0 Å². The Hall–Kier alpha value is -4.88. The molecule has 0 saturated heterocycles. The van der Waals surface area contributed by atoms with E-state index in [2.05, 4.69) is 15.6 Å². The lowest BCUT2D eigenvalue weighted by molar-refractivity contribution is -0.113. The van der Waals surface area contributed by atoms with Crippen molar-refractivity contribution in [3.63, 3.8) is 0 Å². The van der Waals surface area contributed by atoms with Crippen LogP contribution in [0.1, 0.15) is 31.8 Å². The summed E-state index contributed by atoms with van der Waals surface area (Å²) in [5, 5.41) is 5.27.